The van der Waals surface area contributed by atoms with Crippen LogP contribution in [0.3, 0.4) is 0 Å². The number of H-pyrrole nitrogens is 1. The Balaban J connectivity index is 1.65. The number of anilines is 1. The van der Waals surface area contributed by atoms with E-state index in [0.717, 1.165) is 11.8 Å². The van der Waals surface area contributed by atoms with E-state index in [-0.39, 0.29) is 23.0 Å². The molecule has 0 saturated carbocycles. The van der Waals surface area contributed by atoms with Crippen molar-refractivity contribution in [2.24, 2.45) is 0 Å². The van der Waals surface area contributed by atoms with Crippen molar-refractivity contribution in [3.05, 3.63) is 51.4 Å². The Morgan fingerprint density at radius 1 is 1.43 bits per heavy atom. The fraction of sp³-hybridized carbons (Fsp3) is 0.133. The van der Waals surface area contributed by atoms with Crippen LogP contribution in [0.15, 0.2) is 39.6 Å². The first-order chi connectivity index (χ1) is 11.0. The molecule has 0 aliphatic heterocycles. The number of aryl methyl sites for hydroxylation is 1. The first-order valence-corrected chi connectivity index (χ1v) is 8.56. The Labute approximate surface area is 139 Å². The lowest BCUT2D eigenvalue weighted by molar-refractivity contribution is -0.113. The largest absolute Gasteiger partial charge is 0.325 e. The molecule has 23 heavy (non-hydrogen) atoms. The third-order valence-corrected chi connectivity index (χ3v) is 4.79. The summed E-state index contributed by atoms with van der Waals surface area (Å²) in [6.07, 6.45) is 0. The van der Waals surface area contributed by atoms with Crippen LogP contribution in [0.4, 0.5) is 10.1 Å². The maximum absolute atomic E-state index is 13.4. The van der Waals surface area contributed by atoms with Gasteiger partial charge in [-0.25, -0.2) is 9.37 Å². The third-order valence-electron chi connectivity index (χ3n) is 3.11. The van der Waals surface area contributed by atoms with Crippen LogP contribution in [0.1, 0.15) is 5.56 Å². The zero-order valence-corrected chi connectivity index (χ0v) is 13.7. The maximum atomic E-state index is 13.4. The molecule has 3 rings (SSSR count). The highest BCUT2D eigenvalue weighted by Crippen LogP contribution is 2.19. The van der Waals surface area contributed by atoms with Gasteiger partial charge in [0.25, 0.3) is 5.56 Å². The number of benzene rings is 1. The van der Waals surface area contributed by atoms with Crippen molar-refractivity contribution in [3.63, 3.8) is 0 Å². The van der Waals surface area contributed by atoms with Crippen LogP contribution in [0.2, 0.25) is 0 Å². The molecule has 0 fully saturated rings. The van der Waals surface area contributed by atoms with E-state index in [4.69, 9.17) is 0 Å². The molecule has 0 aliphatic rings. The Hall–Kier alpha value is -2.19. The fourth-order valence-electron chi connectivity index (χ4n) is 1.92. The van der Waals surface area contributed by atoms with Gasteiger partial charge in [0.2, 0.25) is 5.91 Å². The molecule has 0 saturated heterocycles. The number of hydrogen-bond acceptors (Lipinski definition) is 5. The van der Waals surface area contributed by atoms with Crippen molar-refractivity contribution in [3.8, 4) is 0 Å². The van der Waals surface area contributed by atoms with E-state index in [9.17, 15) is 14.0 Å². The molecular weight excluding hydrogens is 337 g/mol. The van der Waals surface area contributed by atoms with Gasteiger partial charge in [-0.15, -0.1) is 11.3 Å². The number of carbonyl (C=O) groups is 1. The van der Waals surface area contributed by atoms with E-state index in [2.05, 4.69) is 15.3 Å². The summed E-state index contributed by atoms with van der Waals surface area (Å²) in [4.78, 5) is 31.3. The minimum atomic E-state index is -0.371. The molecule has 8 heteroatoms. The van der Waals surface area contributed by atoms with Crippen LogP contribution >= 0.6 is 23.1 Å². The minimum Gasteiger partial charge on any atom is -0.325 e. The fourth-order valence-corrected chi connectivity index (χ4v) is 3.40. The van der Waals surface area contributed by atoms with E-state index >= 15 is 0 Å². The van der Waals surface area contributed by atoms with Gasteiger partial charge in [-0.2, -0.15) is 0 Å². The molecule has 118 valence electrons. The Kier molecular flexibility index (Phi) is 4.44. The monoisotopic (exact) mass is 349 g/mol. The van der Waals surface area contributed by atoms with E-state index in [1.807, 2.05) is 0 Å². The van der Waals surface area contributed by atoms with Crippen LogP contribution < -0.4 is 10.9 Å². The molecule has 0 radical (unpaired) electrons. The lowest BCUT2D eigenvalue weighted by Gasteiger charge is -2.06. The number of thiophene rings is 1. The number of carbonyl (C=O) groups excluding carboxylic acids is 1. The van der Waals surface area contributed by atoms with E-state index in [0.29, 0.717) is 26.6 Å². The summed E-state index contributed by atoms with van der Waals surface area (Å²) in [5.74, 6) is -0.605. The van der Waals surface area contributed by atoms with Gasteiger partial charge >= 0.3 is 0 Å². The first kappa shape index (κ1) is 15.7. The molecule has 0 atom stereocenters. The molecule has 3 aromatic rings. The lowest BCUT2D eigenvalue weighted by atomic mass is 10.2. The molecule has 0 spiro atoms. The number of thioether (sulfide) groups is 1. The van der Waals surface area contributed by atoms with Crippen LogP contribution in [-0.2, 0) is 4.79 Å². The maximum Gasteiger partial charge on any atom is 0.260 e. The molecule has 0 aliphatic carbocycles. The molecule has 0 bridgehead atoms. The number of halogens is 1. The number of hydrogen-bond donors (Lipinski definition) is 2. The quantitative estimate of drug-likeness (QED) is 0.560. The standard InChI is InChI=1S/C15H12FN3O2S2/c1-8-2-3-9(6-11(8)16)17-12(20)7-23-15-18-13(21)10-4-5-22-14(10)19-15/h2-6H,7H2,1H3,(H,17,20)(H,18,19,21). The topological polar surface area (TPSA) is 74.8 Å². The molecule has 1 amide bonds. The smallest absolute Gasteiger partial charge is 0.260 e. The second kappa shape index (κ2) is 6.51. The average molecular weight is 349 g/mol. The van der Waals surface area contributed by atoms with Gasteiger partial charge in [0, 0.05) is 5.69 Å². The normalized spacial score (nSPS) is 10.9. The average Bonchev–Trinajstić information content (AvgIpc) is 2.98. The predicted octanol–water partition coefficient (Wildman–Crippen LogP) is 3.16. The van der Waals surface area contributed by atoms with Gasteiger partial charge in [-0.05, 0) is 36.1 Å². The van der Waals surface area contributed by atoms with Crippen LogP contribution in [0.5, 0.6) is 0 Å². The van der Waals surface area contributed by atoms with Crippen LogP contribution in [0, 0.1) is 12.7 Å². The van der Waals surface area contributed by atoms with Gasteiger partial charge in [0.05, 0.1) is 11.1 Å². The minimum absolute atomic E-state index is 0.0648. The van der Waals surface area contributed by atoms with Crippen molar-refractivity contribution >= 4 is 44.9 Å². The summed E-state index contributed by atoms with van der Waals surface area (Å²) >= 11 is 2.49. The Bertz CT molecular complexity index is 936. The van der Waals surface area contributed by atoms with Gasteiger partial charge in [-0.1, -0.05) is 17.8 Å². The van der Waals surface area contributed by atoms with E-state index < -0.39 is 0 Å². The second-order valence-electron chi connectivity index (χ2n) is 4.81. The summed E-state index contributed by atoms with van der Waals surface area (Å²) in [6.45, 7) is 1.65. The van der Waals surface area contributed by atoms with Gasteiger partial charge in [0.15, 0.2) is 5.16 Å². The molecule has 2 heterocycles. The van der Waals surface area contributed by atoms with Crippen molar-refractivity contribution in [1.82, 2.24) is 9.97 Å². The van der Waals surface area contributed by atoms with E-state index in [1.165, 1.54) is 17.4 Å². The first-order valence-electron chi connectivity index (χ1n) is 6.69. The van der Waals surface area contributed by atoms with E-state index in [1.54, 1.807) is 30.5 Å². The highest BCUT2D eigenvalue weighted by molar-refractivity contribution is 7.99. The molecule has 2 N–H and O–H groups in total. The zero-order chi connectivity index (χ0) is 16.4. The number of amides is 1. The second-order valence-corrected chi connectivity index (χ2v) is 6.67. The summed E-state index contributed by atoms with van der Waals surface area (Å²) in [6, 6.07) is 6.22. The predicted molar refractivity (Wildman–Crippen MR) is 90.7 cm³/mol. The molecule has 5 nitrogen and oxygen atoms in total. The number of nitrogens with zero attached hydrogens (tertiary/aromatic N) is 1. The molecule has 1 aromatic carbocycles. The number of aromatic nitrogens is 2. The summed E-state index contributed by atoms with van der Waals surface area (Å²) in [5, 5.41) is 5.33. The Morgan fingerprint density at radius 2 is 2.26 bits per heavy atom. The van der Waals surface area contributed by atoms with Crippen molar-refractivity contribution in [1.29, 1.82) is 0 Å². The summed E-state index contributed by atoms with van der Waals surface area (Å²) in [7, 11) is 0. The molecule has 2 aromatic heterocycles. The number of fused-ring (bicyclic) bond motifs is 1. The highest BCUT2D eigenvalue weighted by Gasteiger charge is 2.09. The van der Waals surface area contributed by atoms with Crippen molar-refractivity contribution < 1.29 is 9.18 Å². The molecular formula is C15H12FN3O2S2. The Morgan fingerprint density at radius 3 is 3.04 bits per heavy atom. The van der Waals surface area contributed by atoms with Crippen molar-refractivity contribution in [2.75, 3.05) is 11.1 Å². The third kappa shape index (κ3) is 3.59. The van der Waals surface area contributed by atoms with Crippen LogP contribution in [0.25, 0.3) is 10.2 Å². The zero-order valence-electron chi connectivity index (χ0n) is 12.1. The van der Waals surface area contributed by atoms with Gasteiger partial charge in [-0.3, -0.25) is 9.59 Å². The summed E-state index contributed by atoms with van der Waals surface area (Å²) in [5.41, 5.74) is 0.692. The lowest BCUT2D eigenvalue weighted by Crippen LogP contribution is -2.15. The van der Waals surface area contributed by atoms with Crippen LogP contribution in [-0.4, -0.2) is 21.6 Å². The van der Waals surface area contributed by atoms with Crippen molar-refractivity contribution in [2.45, 2.75) is 12.1 Å². The number of nitrogens with one attached hydrogen (secondary N) is 2. The van der Waals surface area contributed by atoms with Gasteiger partial charge < -0.3 is 10.3 Å². The van der Waals surface area contributed by atoms with Gasteiger partial charge in [0.1, 0.15) is 10.6 Å². The number of aromatic amines is 1. The summed E-state index contributed by atoms with van der Waals surface area (Å²) < 4.78 is 13.4. The highest BCUT2D eigenvalue weighted by atomic mass is 32.2. The number of rotatable bonds is 4. The SMILES string of the molecule is Cc1ccc(NC(=O)CSc2nc3sccc3c(=O)[nH]2)cc1F. The molecule has 0 unspecified atom stereocenters.